The Bertz CT molecular complexity index is 436. The van der Waals surface area contributed by atoms with Gasteiger partial charge in [0, 0.05) is 0 Å². The van der Waals surface area contributed by atoms with Crippen molar-refractivity contribution in [3.05, 3.63) is 0 Å². The van der Waals surface area contributed by atoms with Gasteiger partial charge in [0.15, 0.2) is 0 Å². The number of aliphatic hydroxyl groups excluding tert-OH is 2. The molecule has 2 rings (SSSR count). The highest BCUT2D eigenvalue weighted by Gasteiger charge is 2.38. The van der Waals surface area contributed by atoms with Crippen molar-refractivity contribution in [2.45, 2.75) is 118 Å². The van der Waals surface area contributed by atoms with Gasteiger partial charge in [-0.1, -0.05) is 67.2 Å². The highest BCUT2D eigenvalue weighted by molar-refractivity contribution is 4.88. The van der Waals surface area contributed by atoms with Crippen LogP contribution in [0, 0.1) is 47.3 Å². The first-order valence-corrected chi connectivity index (χ1v) is 12.6. The van der Waals surface area contributed by atoms with Gasteiger partial charge in [-0.15, -0.1) is 0 Å². The summed E-state index contributed by atoms with van der Waals surface area (Å²) in [6.07, 6.45) is 11.3. The highest BCUT2D eigenvalue weighted by atomic mass is 16.3. The molecule has 2 N–H and O–H groups in total. The lowest BCUT2D eigenvalue weighted by molar-refractivity contribution is 0.0196. The zero-order chi connectivity index (χ0) is 20.8. The average Bonchev–Trinajstić information content (AvgIpc) is 2.68. The van der Waals surface area contributed by atoms with E-state index in [0.717, 1.165) is 37.5 Å². The van der Waals surface area contributed by atoms with Crippen LogP contribution in [-0.4, -0.2) is 22.4 Å². The molecule has 2 aliphatic rings. The van der Waals surface area contributed by atoms with Crippen molar-refractivity contribution in [2.75, 3.05) is 0 Å². The molecule has 10 atom stereocenters. The fourth-order valence-corrected chi connectivity index (χ4v) is 6.78. The van der Waals surface area contributed by atoms with Crippen molar-refractivity contribution in [1.82, 2.24) is 0 Å². The van der Waals surface area contributed by atoms with E-state index in [0.29, 0.717) is 35.5 Å². The molecule has 2 nitrogen and oxygen atoms in total. The van der Waals surface area contributed by atoms with Crippen molar-refractivity contribution < 1.29 is 10.2 Å². The molecule has 0 aliphatic heterocycles. The maximum atomic E-state index is 11.3. The zero-order valence-corrected chi connectivity index (χ0v) is 19.7. The summed E-state index contributed by atoms with van der Waals surface area (Å²) in [5, 5.41) is 21.7. The fraction of sp³-hybridized carbons (Fsp3) is 1.00. The topological polar surface area (TPSA) is 40.5 Å². The van der Waals surface area contributed by atoms with Crippen molar-refractivity contribution in [3.63, 3.8) is 0 Å². The Morgan fingerprint density at radius 3 is 2.11 bits per heavy atom. The first-order valence-electron chi connectivity index (χ1n) is 12.6. The second kappa shape index (κ2) is 11.3. The predicted octanol–water partition coefficient (Wildman–Crippen LogP) is 6.69. The van der Waals surface area contributed by atoms with E-state index in [1.165, 1.54) is 38.5 Å². The predicted molar refractivity (Wildman–Crippen MR) is 120 cm³/mol. The number of hydrogen-bond donors (Lipinski definition) is 2. The van der Waals surface area contributed by atoms with Crippen LogP contribution in [0.4, 0.5) is 0 Å². The van der Waals surface area contributed by atoms with Gasteiger partial charge in [-0.2, -0.15) is 0 Å². The monoisotopic (exact) mass is 394 g/mol. The van der Waals surface area contributed by atoms with Gasteiger partial charge in [0.25, 0.3) is 0 Å². The summed E-state index contributed by atoms with van der Waals surface area (Å²) < 4.78 is 0. The van der Waals surface area contributed by atoms with Crippen LogP contribution in [0.5, 0.6) is 0 Å². The summed E-state index contributed by atoms with van der Waals surface area (Å²) in [5.41, 5.74) is 0. The number of fused-ring (bicyclic) bond motifs is 1. The van der Waals surface area contributed by atoms with Crippen molar-refractivity contribution in [3.8, 4) is 0 Å². The standard InChI is InChI=1S/C26H50O2/c1-7-8-18(3)23-14-11-19(4)24-13-9-17(2)15-22(27)12-10-20(5)25(24)16-26(28)21(23)6/h17-28H,7-16H2,1-6H3/t17?,18?,19?,20?,21?,22-,23?,24?,25-,26?/m1/s1. The Balaban J connectivity index is 2.24. The molecule has 0 heterocycles. The summed E-state index contributed by atoms with van der Waals surface area (Å²) in [6.45, 7) is 14.3. The average molecular weight is 395 g/mol. The first-order chi connectivity index (χ1) is 13.2. The van der Waals surface area contributed by atoms with Crippen LogP contribution in [0.15, 0.2) is 0 Å². The molecule has 28 heavy (non-hydrogen) atoms. The van der Waals surface area contributed by atoms with Gasteiger partial charge in [0.05, 0.1) is 12.2 Å². The molecular weight excluding hydrogens is 344 g/mol. The van der Waals surface area contributed by atoms with Gasteiger partial charge in [-0.25, -0.2) is 0 Å². The minimum absolute atomic E-state index is 0.133. The summed E-state index contributed by atoms with van der Waals surface area (Å²) in [5.74, 6) is 5.07. The van der Waals surface area contributed by atoms with Gasteiger partial charge in [0.2, 0.25) is 0 Å². The van der Waals surface area contributed by atoms with E-state index < -0.39 is 0 Å². The van der Waals surface area contributed by atoms with Gasteiger partial charge >= 0.3 is 0 Å². The Kier molecular flexibility index (Phi) is 9.81. The maximum absolute atomic E-state index is 11.3. The molecular formula is C26H50O2. The van der Waals surface area contributed by atoms with E-state index in [9.17, 15) is 10.2 Å². The summed E-state index contributed by atoms with van der Waals surface area (Å²) in [7, 11) is 0. The van der Waals surface area contributed by atoms with Crippen molar-refractivity contribution in [2.24, 2.45) is 47.3 Å². The summed E-state index contributed by atoms with van der Waals surface area (Å²) >= 11 is 0. The van der Waals surface area contributed by atoms with Gasteiger partial charge < -0.3 is 10.2 Å². The number of rotatable bonds is 3. The Labute approximate surface area is 175 Å². The molecule has 0 radical (unpaired) electrons. The minimum Gasteiger partial charge on any atom is -0.393 e. The first kappa shape index (κ1) is 24.2. The molecule has 2 heteroatoms. The number of hydrogen-bond acceptors (Lipinski definition) is 2. The van der Waals surface area contributed by atoms with Crippen LogP contribution in [0.1, 0.15) is 106 Å². The quantitative estimate of drug-likeness (QED) is 0.560. The summed E-state index contributed by atoms with van der Waals surface area (Å²) in [6, 6.07) is 0. The lowest BCUT2D eigenvalue weighted by atomic mass is 9.68. The molecule has 166 valence electrons. The molecule has 0 aromatic rings. The molecule has 0 aromatic carbocycles. The molecule has 0 amide bonds. The van der Waals surface area contributed by atoms with E-state index in [4.69, 9.17) is 0 Å². The van der Waals surface area contributed by atoms with Crippen molar-refractivity contribution >= 4 is 0 Å². The molecule has 2 aliphatic carbocycles. The SMILES string of the molecule is CCCC(C)C1CCC(C)C2CCC(C)C[C@H](O)CCC(C)[C@H]2CC(O)C1C. The molecule has 0 bridgehead atoms. The van der Waals surface area contributed by atoms with Gasteiger partial charge in [-0.3, -0.25) is 0 Å². The summed E-state index contributed by atoms with van der Waals surface area (Å²) in [4.78, 5) is 0. The molecule has 0 aromatic heterocycles. The molecule has 2 fully saturated rings. The van der Waals surface area contributed by atoms with E-state index in [-0.39, 0.29) is 12.2 Å². The number of aliphatic hydroxyl groups is 2. The zero-order valence-electron chi connectivity index (χ0n) is 19.7. The Hall–Kier alpha value is -0.0800. The van der Waals surface area contributed by atoms with Crippen LogP contribution < -0.4 is 0 Å². The largest absolute Gasteiger partial charge is 0.393 e. The highest BCUT2D eigenvalue weighted by Crippen LogP contribution is 2.45. The van der Waals surface area contributed by atoms with Crippen LogP contribution in [-0.2, 0) is 0 Å². The van der Waals surface area contributed by atoms with Crippen LogP contribution in [0.3, 0.4) is 0 Å². The van der Waals surface area contributed by atoms with E-state index in [1.54, 1.807) is 0 Å². The third-order valence-electron chi connectivity index (χ3n) is 8.86. The Morgan fingerprint density at radius 1 is 0.786 bits per heavy atom. The molecule has 0 spiro atoms. The van der Waals surface area contributed by atoms with E-state index >= 15 is 0 Å². The van der Waals surface area contributed by atoms with Gasteiger partial charge in [0.1, 0.15) is 0 Å². The van der Waals surface area contributed by atoms with E-state index in [2.05, 4.69) is 41.5 Å². The minimum atomic E-state index is -0.171. The third kappa shape index (κ3) is 6.46. The normalized spacial score (nSPS) is 45.2. The van der Waals surface area contributed by atoms with Crippen LogP contribution in [0.25, 0.3) is 0 Å². The van der Waals surface area contributed by atoms with Gasteiger partial charge in [-0.05, 0) is 85.9 Å². The maximum Gasteiger partial charge on any atom is 0.0571 e. The second-order valence-electron chi connectivity index (χ2n) is 11.1. The second-order valence-corrected chi connectivity index (χ2v) is 11.1. The third-order valence-corrected chi connectivity index (χ3v) is 8.86. The Morgan fingerprint density at radius 2 is 1.43 bits per heavy atom. The van der Waals surface area contributed by atoms with Crippen LogP contribution in [0.2, 0.25) is 0 Å². The van der Waals surface area contributed by atoms with E-state index in [1.807, 2.05) is 0 Å². The smallest absolute Gasteiger partial charge is 0.0571 e. The van der Waals surface area contributed by atoms with Crippen LogP contribution >= 0.6 is 0 Å². The lowest BCUT2D eigenvalue weighted by Crippen LogP contribution is -2.34. The molecule has 0 saturated heterocycles. The lowest BCUT2D eigenvalue weighted by Gasteiger charge is -2.39. The molecule has 2 saturated carbocycles. The van der Waals surface area contributed by atoms with Crippen molar-refractivity contribution in [1.29, 1.82) is 0 Å². The molecule has 8 unspecified atom stereocenters. The fourth-order valence-electron chi connectivity index (χ4n) is 6.78.